The van der Waals surface area contributed by atoms with Crippen LogP contribution in [0.4, 0.5) is 0 Å². The molecule has 1 heterocycles. The molecule has 4 rings (SSSR count). The van der Waals surface area contributed by atoms with Crippen LogP contribution in [0.1, 0.15) is 35.3 Å². The van der Waals surface area contributed by atoms with Gasteiger partial charge in [-0.2, -0.15) is 0 Å². The van der Waals surface area contributed by atoms with E-state index in [-0.39, 0.29) is 5.91 Å². The molecule has 0 unspecified atom stereocenters. The third kappa shape index (κ3) is 6.17. The first-order valence-corrected chi connectivity index (χ1v) is 12.3. The van der Waals surface area contributed by atoms with Crippen LogP contribution >= 0.6 is 0 Å². The second kappa shape index (κ2) is 12.1. The van der Waals surface area contributed by atoms with Crippen LogP contribution in [0.25, 0.3) is 0 Å². The second-order valence-corrected chi connectivity index (χ2v) is 8.34. The average molecular weight is 485 g/mol. The highest BCUT2D eigenvalue weighted by Gasteiger charge is 2.18. The highest BCUT2D eigenvalue weighted by Crippen LogP contribution is 2.24. The summed E-state index contributed by atoms with van der Waals surface area (Å²) in [4.78, 5) is 24.3. The summed E-state index contributed by atoms with van der Waals surface area (Å²) in [7, 11) is 1.57. The Kier molecular flexibility index (Phi) is 8.47. The Morgan fingerprint density at radius 1 is 0.944 bits per heavy atom. The van der Waals surface area contributed by atoms with Crippen LogP contribution in [0.5, 0.6) is 17.2 Å². The predicted octanol–water partition coefficient (Wildman–Crippen LogP) is 4.81. The van der Waals surface area contributed by atoms with Crippen molar-refractivity contribution in [3.8, 4) is 17.2 Å². The summed E-state index contributed by atoms with van der Waals surface area (Å²) >= 11 is 0. The Balaban J connectivity index is 1.41. The zero-order valence-electron chi connectivity index (χ0n) is 21.0. The number of methoxy groups -OCH3 is 1. The zero-order valence-corrected chi connectivity index (χ0v) is 21.0. The molecular weight excluding hydrogens is 452 g/mol. The van der Waals surface area contributed by atoms with Crippen LogP contribution in [0.15, 0.2) is 82.8 Å². The minimum atomic E-state index is -0.145. The SMILES string of the molecule is CCN(CC)CCNC(=O)c1ccc(C2=NC(c3ccc(Oc4ccccc4)cc3)=NC2)cc1OC. The fourth-order valence-electron chi connectivity index (χ4n) is 3.98. The van der Waals surface area contributed by atoms with Gasteiger partial charge in [0.05, 0.1) is 24.9 Å². The third-order valence-corrected chi connectivity index (χ3v) is 6.10. The molecule has 0 saturated carbocycles. The lowest BCUT2D eigenvalue weighted by molar-refractivity contribution is 0.0946. The lowest BCUT2D eigenvalue weighted by Crippen LogP contribution is -2.34. The van der Waals surface area contributed by atoms with Crippen LogP contribution in [0.3, 0.4) is 0 Å². The summed E-state index contributed by atoms with van der Waals surface area (Å²) < 4.78 is 11.4. The van der Waals surface area contributed by atoms with Crippen molar-refractivity contribution in [1.82, 2.24) is 10.2 Å². The van der Waals surface area contributed by atoms with Crippen molar-refractivity contribution in [3.05, 3.63) is 89.5 Å². The van der Waals surface area contributed by atoms with E-state index in [4.69, 9.17) is 14.5 Å². The number of hydrogen-bond acceptors (Lipinski definition) is 6. The van der Waals surface area contributed by atoms with Crippen LogP contribution < -0.4 is 14.8 Å². The fourth-order valence-corrected chi connectivity index (χ4v) is 3.98. The van der Waals surface area contributed by atoms with Gasteiger partial charge in [-0.05, 0) is 61.6 Å². The topological polar surface area (TPSA) is 75.5 Å². The Hall–Kier alpha value is -3.97. The van der Waals surface area contributed by atoms with E-state index < -0.39 is 0 Å². The van der Waals surface area contributed by atoms with Crippen molar-refractivity contribution < 1.29 is 14.3 Å². The highest BCUT2D eigenvalue weighted by molar-refractivity contribution is 6.17. The first kappa shape index (κ1) is 25.1. The van der Waals surface area contributed by atoms with E-state index in [1.807, 2.05) is 66.7 Å². The van der Waals surface area contributed by atoms with Gasteiger partial charge in [-0.25, -0.2) is 4.99 Å². The van der Waals surface area contributed by atoms with Crippen molar-refractivity contribution in [1.29, 1.82) is 0 Å². The summed E-state index contributed by atoms with van der Waals surface area (Å²) in [6, 6.07) is 22.9. The molecule has 36 heavy (non-hydrogen) atoms. The standard InChI is InChI=1S/C29H32N4O3/c1-4-33(5-2)18-17-30-29(34)25-16-13-22(19-27(25)35-3)26-20-31-28(32-26)21-11-14-24(15-12-21)36-23-9-7-6-8-10-23/h6-16,19H,4-5,17-18,20H2,1-3H3,(H,30,34). The van der Waals surface area contributed by atoms with Crippen molar-refractivity contribution in [2.24, 2.45) is 9.98 Å². The first-order chi connectivity index (χ1) is 17.6. The van der Waals surface area contributed by atoms with E-state index in [1.165, 1.54) is 0 Å². The first-order valence-electron chi connectivity index (χ1n) is 12.3. The molecule has 1 N–H and O–H groups in total. The van der Waals surface area contributed by atoms with Gasteiger partial charge < -0.3 is 19.7 Å². The van der Waals surface area contributed by atoms with E-state index in [1.54, 1.807) is 13.2 Å². The molecule has 0 saturated heterocycles. The third-order valence-electron chi connectivity index (χ3n) is 6.10. The predicted molar refractivity (Wildman–Crippen MR) is 144 cm³/mol. The Bertz CT molecular complexity index is 1230. The number of likely N-dealkylation sites (N-methyl/N-ethyl adjacent to an activating group) is 1. The molecule has 0 fully saturated rings. The number of nitrogens with one attached hydrogen (secondary N) is 1. The van der Waals surface area contributed by atoms with Crippen molar-refractivity contribution >= 4 is 17.5 Å². The maximum atomic E-state index is 12.7. The number of benzene rings is 3. The number of carbonyl (C=O) groups excluding carboxylic acids is 1. The van der Waals surface area contributed by atoms with Crippen LogP contribution in [0.2, 0.25) is 0 Å². The molecule has 3 aromatic carbocycles. The molecule has 3 aromatic rings. The van der Waals surface area contributed by atoms with E-state index >= 15 is 0 Å². The van der Waals surface area contributed by atoms with E-state index in [2.05, 4.69) is 29.1 Å². The number of carbonyl (C=O) groups is 1. The smallest absolute Gasteiger partial charge is 0.255 e. The van der Waals surface area contributed by atoms with Gasteiger partial charge in [0.2, 0.25) is 0 Å². The number of rotatable bonds is 11. The average Bonchev–Trinajstić information content (AvgIpc) is 3.42. The summed E-state index contributed by atoms with van der Waals surface area (Å²) in [5, 5.41) is 2.99. The lowest BCUT2D eigenvalue weighted by atomic mass is 10.1. The molecule has 0 atom stereocenters. The molecule has 0 bridgehead atoms. The van der Waals surface area contributed by atoms with Gasteiger partial charge >= 0.3 is 0 Å². The molecule has 0 spiro atoms. The Labute approximate surface area is 212 Å². The van der Waals surface area contributed by atoms with Gasteiger partial charge in [0.1, 0.15) is 17.2 Å². The molecule has 186 valence electrons. The minimum Gasteiger partial charge on any atom is -0.496 e. The monoisotopic (exact) mass is 484 g/mol. The number of aliphatic imine (C=N–C) groups is 2. The maximum absolute atomic E-state index is 12.7. The zero-order chi connectivity index (χ0) is 25.3. The molecule has 1 aliphatic rings. The van der Waals surface area contributed by atoms with Gasteiger partial charge in [0, 0.05) is 24.2 Å². The molecule has 0 aliphatic carbocycles. The summed E-state index contributed by atoms with van der Waals surface area (Å²) in [6.07, 6.45) is 0. The summed E-state index contributed by atoms with van der Waals surface area (Å²) in [6.45, 7) is 8.02. The summed E-state index contributed by atoms with van der Waals surface area (Å²) in [5.74, 6) is 2.59. The van der Waals surface area contributed by atoms with Crippen molar-refractivity contribution in [2.45, 2.75) is 13.8 Å². The van der Waals surface area contributed by atoms with E-state index in [9.17, 15) is 4.79 Å². The molecule has 1 amide bonds. The maximum Gasteiger partial charge on any atom is 0.255 e. The highest BCUT2D eigenvalue weighted by atomic mass is 16.5. The molecule has 0 radical (unpaired) electrons. The molecule has 7 nitrogen and oxygen atoms in total. The van der Waals surface area contributed by atoms with Gasteiger partial charge in [-0.15, -0.1) is 0 Å². The van der Waals surface area contributed by atoms with Crippen LogP contribution in [-0.2, 0) is 0 Å². The normalized spacial score (nSPS) is 12.8. The fraction of sp³-hybridized carbons (Fsp3) is 0.276. The Morgan fingerprint density at radius 2 is 1.64 bits per heavy atom. The van der Waals surface area contributed by atoms with Gasteiger partial charge in [-0.1, -0.05) is 38.1 Å². The van der Waals surface area contributed by atoms with Crippen molar-refractivity contribution in [3.63, 3.8) is 0 Å². The number of amides is 1. The second-order valence-electron chi connectivity index (χ2n) is 8.34. The van der Waals surface area contributed by atoms with Crippen molar-refractivity contribution in [2.75, 3.05) is 39.8 Å². The molecule has 0 aromatic heterocycles. The molecule has 7 heteroatoms. The number of ether oxygens (including phenoxy) is 2. The molecular formula is C29H32N4O3. The van der Waals surface area contributed by atoms with Gasteiger partial charge in [0.25, 0.3) is 5.91 Å². The van der Waals surface area contributed by atoms with Gasteiger partial charge in [0.15, 0.2) is 5.84 Å². The Morgan fingerprint density at radius 3 is 2.33 bits per heavy atom. The quantitative estimate of drug-likeness (QED) is 0.424. The summed E-state index contributed by atoms with van der Waals surface area (Å²) in [5.41, 5.74) is 3.15. The largest absolute Gasteiger partial charge is 0.496 e. The number of hydrogen-bond donors (Lipinski definition) is 1. The number of nitrogens with zero attached hydrogens (tertiary/aromatic N) is 3. The van der Waals surface area contributed by atoms with Crippen LogP contribution in [0, 0.1) is 0 Å². The minimum absolute atomic E-state index is 0.145. The number of para-hydroxylation sites is 1. The van der Waals surface area contributed by atoms with Gasteiger partial charge in [-0.3, -0.25) is 9.79 Å². The molecule has 1 aliphatic heterocycles. The van der Waals surface area contributed by atoms with Crippen LogP contribution in [-0.4, -0.2) is 62.2 Å². The number of amidine groups is 1. The lowest BCUT2D eigenvalue weighted by Gasteiger charge is -2.18. The van der Waals surface area contributed by atoms with E-state index in [0.717, 1.165) is 48.0 Å². The van der Waals surface area contributed by atoms with E-state index in [0.29, 0.717) is 30.2 Å².